The van der Waals surface area contributed by atoms with Crippen LogP contribution in [0.1, 0.15) is 35.7 Å². The molecule has 3 atom stereocenters. The Morgan fingerprint density at radius 1 is 1.22 bits per heavy atom. The molecule has 1 aliphatic carbocycles. The molecule has 10 heteroatoms. The fourth-order valence-electron chi connectivity index (χ4n) is 5.08. The van der Waals surface area contributed by atoms with Crippen molar-refractivity contribution in [3.8, 4) is 0 Å². The van der Waals surface area contributed by atoms with Crippen LogP contribution in [0.3, 0.4) is 0 Å². The molecule has 2 aromatic carbocycles. The predicted octanol–water partition coefficient (Wildman–Crippen LogP) is 3.91. The summed E-state index contributed by atoms with van der Waals surface area (Å²) >= 11 is 5.82. The summed E-state index contributed by atoms with van der Waals surface area (Å²) in [5.41, 5.74) is 1.68. The zero-order valence-electron chi connectivity index (χ0n) is 19.3. The predicted molar refractivity (Wildman–Crippen MR) is 130 cm³/mol. The van der Waals surface area contributed by atoms with Crippen LogP contribution >= 0.6 is 11.6 Å². The smallest absolute Gasteiger partial charge is 0.243 e. The van der Waals surface area contributed by atoms with Gasteiger partial charge in [0.2, 0.25) is 17.9 Å². The number of carbonyl (C=O) groups excluding carboxylic acids is 4. The number of carbonyl (C=O) groups is 3. The molecule has 2 amide bonds. The topological polar surface area (TPSA) is 101 Å². The average Bonchev–Trinajstić information content (AvgIpc) is 3.36. The summed E-state index contributed by atoms with van der Waals surface area (Å²) in [6.07, 6.45) is 4.49. The van der Waals surface area contributed by atoms with E-state index in [1.165, 1.54) is 19.1 Å². The number of rotatable bonds is 7. The van der Waals surface area contributed by atoms with E-state index in [0.717, 1.165) is 6.42 Å². The first-order valence-corrected chi connectivity index (χ1v) is 11.9. The van der Waals surface area contributed by atoms with Crippen LogP contribution in [0.15, 0.2) is 47.6 Å². The van der Waals surface area contributed by atoms with Gasteiger partial charge in [-0.2, -0.15) is 4.99 Å². The van der Waals surface area contributed by atoms with Crippen molar-refractivity contribution in [1.82, 2.24) is 14.8 Å². The molecular formula is C26H22ClFN4O4. The number of piperidine rings is 1. The molecule has 2 aliphatic rings. The number of aliphatic imine (C=N–C) groups is 1. The van der Waals surface area contributed by atoms with Gasteiger partial charge in [-0.25, -0.2) is 9.18 Å². The van der Waals surface area contributed by atoms with E-state index in [1.54, 1.807) is 46.0 Å². The number of nitrogens with one attached hydrogen (secondary N) is 1. The lowest BCUT2D eigenvalue weighted by Gasteiger charge is -2.27. The van der Waals surface area contributed by atoms with Gasteiger partial charge in [-0.05, 0) is 49.9 Å². The maximum Gasteiger partial charge on any atom is 0.243 e. The van der Waals surface area contributed by atoms with E-state index in [9.17, 15) is 23.6 Å². The second-order valence-corrected chi connectivity index (χ2v) is 9.58. The molecule has 36 heavy (non-hydrogen) atoms. The maximum absolute atomic E-state index is 14.2. The molecule has 5 rings (SSSR count). The normalized spacial score (nSPS) is 20.1. The number of fused-ring (bicyclic) bond motifs is 2. The zero-order valence-corrected chi connectivity index (χ0v) is 20.1. The molecule has 3 aromatic rings. The number of ketones is 1. The van der Waals surface area contributed by atoms with E-state index in [1.807, 2.05) is 0 Å². The van der Waals surface area contributed by atoms with Gasteiger partial charge in [-0.15, -0.1) is 0 Å². The SMILES string of the molecule is CC(=O)c1cn(CC(=O)N2[C@H](C(=O)NCc3cccc(Cl)c3F)C[C@H]3C[C@@H]32)c2ccc(N=C=O)cc12. The zero-order chi connectivity index (χ0) is 25.6. The van der Waals surface area contributed by atoms with Crippen molar-refractivity contribution in [2.45, 2.75) is 44.9 Å². The quantitative estimate of drug-likeness (QED) is 0.297. The lowest BCUT2D eigenvalue weighted by atomic mass is 10.1. The first kappa shape index (κ1) is 23.9. The van der Waals surface area contributed by atoms with Crippen LogP contribution < -0.4 is 5.32 Å². The van der Waals surface area contributed by atoms with Crippen molar-refractivity contribution in [3.05, 3.63) is 64.6 Å². The average molecular weight is 509 g/mol. The molecule has 1 aromatic heterocycles. The Morgan fingerprint density at radius 2 is 2.03 bits per heavy atom. The molecule has 2 heterocycles. The first-order valence-electron chi connectivity index (χ1n) is 11.5. The molecule has 1 saturated carbocycles. The fourth-order valence-corrected chi connectivity index (χ4v) is 5.27. The second-order valence-electron chi connectivity index (χ2n) is 9.18. The fraction of sp³-hybridized carbons (Fsp3) is 0.308. The number of Topliss-reactive ketones (excluding diaryl/α,β-unsaturated/α-hetero) is 1. The highest BCUT2D eigenvalue weighted by Gasteiger charge is 2.55. The number of likely N-dealkylation sites (tertiary alicyclic amines) is 1. The Balaban J connectivity index is 1.35. The highest BCUT2D eigenvalue weighted by Crippen LogP contribution is 2.48. The van der Waals surface area contributed by atoms with Gasteiger partial charge in [0.25, 0.3) is 0 Å². The van der Waals surface area contributed by atoms with Gasteiger partial charge < -0.3 is 14.8 Å². The van der Waals surface area contributed by atoms with E-state index >= 15 is 0 Å². The van der Waals surface area contributed by atoms with Crippen molar-refractivity contribution >= 4 is 51.9 Å². The highest BCUT2D eigenvalue weighted by molar-refractivity contribution is 6.30. The lowest BCUT2D eigenvalue weighted by Crippen LogP contribution is -2.48. The molecule has 184 valence electrons. The van der Waals surface area contributed by atoms with Crippen molar-refractivity contribution < 1.29 is 23.6 Å². The van der Waals surface area contributed by atoms with Crippen LogP contribution in [0.5, 0.6) is 0 Å². The number of hydrogen-bond donors (Lipinski definition) is 1. The van der Waals surface area contributed by atoms with Gasteiger partial charge in [0, 0.05) is 40.8 Å². The maximum atomic E-state index is 14.2. The van der Waals surface area contributed by atoms with E-state index < -0.39 is 11.9 Å². The van der Waals surface area contributed by atoms with Gasteiger partial charge in [-0.1, -0.05) is 23.7 Å². The second kappa shape index (κ2) is 9.33. The van der Waals surface area contributed by atoms with Gasteiger partial charge >= 0.3 is 0 Å². The molecule has 1 saturated heterocycles. The molecule has 8 nitrogen and oxygen atoms in total. The third-order valence-corrected chi connectivity index (χ3v) is 7.20. The van der Waals surface area contributed by atoms with Gasteiger partial charge in [0.15, 0.2) is 5.78 Å². The molecule has 0 radical (unpaired) electrons. The minimum atomic E-state index is -0.647. The third kappa shape index (κ3) is 4.32. The Hall–Kier alpha value is -3.81. The standard InChI is InChI=1S/C26H22ClFN4O4/c1-14(34)19-11-31(21-6-5-17(30-13-33)9-18(19)21)12-24(35)32-22-7-16(22)8-23(32)26(36)29-10-15-3-2-4-20(27)25(15)28/h2-6,9,11,16,22-23H,7-8,10,12H2,1H3,(H,29,36)/t16-,22+,23+/m1/s1. The summed E-state index contributed by atoms with van der Waals surface area (Å²) in [5, 5.41) is 3.30. The Labute approximate surface area is 210 Å². The van der Waals surface area contributed by atoms with Crippen LogP contribution in [0.25, 0.3) is 10.9 Å². The summed E-state index contributed by atoms with van der Waals surface area (Å²) < 4.78 is 15.9. The van der Waals surface area contributed by atoms with Crippen LogP contribution in [-0.2, 0) is 27.5 Å². The molecule has 1 N–H and O–H groups in total. The number of aromatic nitrogens is 1. The molecule has 1 aliphatic heterocycles. The summed E-state index contributed by atoms with van der Waals surface area (Å²) in [6, 6.07) is 8.85. The summed E-state index contributed by atoms with van der Waals surface area (Å²) in [7, 11) is 0. The van der Waals surface area contributed by atoms with Crippen LogP contribution in [0.2, 0.25) is 5.02 Å². The minimum absolute atomic E-state index is 0.00112. The largest absolute Gasteiger partial charge is 0.350 e. The Kier molecular flexibility index (Phi) is 6.20. The van der Waals surface area contributed by atoms with Crippen molar-refractivity contribution in [3.63, 3.8) is 0 Å². The Bertz CT molecular complexity index is 1460. The van der Waals surface area contributed by atoms with E-state index in [0.29, 0.717) is 28.6 Å². The van der Waals surface area contributed by atoms with Gasteiger partial charge in [-0.3, -0.25) is 14.4 Å². The van der Waals surface area contributed by atoms with Crippen molar-refractivity contribution in [2.24, 2.45) is 10.9 Å². The van der Waals surface area contributed by atoms with Gasteiger partial charge in [0.05, 0.1) is 10.7 Å². The van der Waals surface area contributed by atoms with Crippen LogP contribution in [0.4, 0.5) is 10.1 Å². The van der Waals surface area contributed by atoms with Crippen molar-refractivity contribution in [1.29, 1.82) is 0 Å². The number of hydrogen-bond acceptors (Lipinski definition) is 5. The number of halogens is 2. The molecule has 0 bridgehead atoms. The lowest BCUT2D eigenvalue weighted by molar-refractivity contribution is -0.140. The number of amides is 2. The van der Waals surface area contributed by atoms with Crippen LogP contribution in [-0.4, -0.2) is 45.2 Å². The highest BCUT2D eigenvalue weighted by atomic mass is 35.5. The number of nitrogens with zero attached hydrogens (tertiary/aromatic N) is 3. The van der Waals surface area contributed by atoms with E-state index in [-0.39, 0.29) is 53.2 Å². The Morgan fingerprint density at radius 3 is 2.78 bits per heavy atom. The molecule has 0 unspecified atom stereocenters. The minimum Gasteiger partial charge on any atom is -0.350 e. The molecule has 2 fully saturated rings. The number of isocyanates is 1. The summed E-state index contributed by atoms with van der Waals surface area (Å²) in [6.45, 7) is 1.33. The summed E-state index contributed by atoms with van der Waals surface area (Å²) in [5.74, 6) is -1.08. The first-order chi connectivity index (χ1) is 17.3. The van der Waals surface area contributed by atoms with Gasteiger partial charge in [0.1, 0.15) is 18.4 Å². The molecule has 0 spiro atoms. The van der Waals surface area contributed by atoms with Crippen LogP contribution in [0, 0.1) is 11.7 Å². The molecular weight excluding hydrogens is 487 g/mol. The third-order valence-electron chi connectivity index (χ3n) is 6.90. The summed E-state index contributed by atoms with van der Waals surface area (Å²) in [4.78, 5) is 54.5. The van der Waals surface area contributed by atoms with Crippen molar-refractivity contribution in [2.75, 3.05) is 0 Å². The monoisotopic (exact) mass is 508 g/mol. The van der Waals surface area contributed by atoms with E-state index in [2.05, 4.69) is 10.3 Å². The number of benzene rings is 2. The van der Waals surface area contributed by atoms with E-state index in [4.69, 9.17) is 11.6 Å².